The van der Waals surface area contributed by atoms with Crippen LogP contribution in [0.2, 0.25) is 0 Å². The molecule has 1 aliphatic rings. The summed E-state index contributed by atoms with van der Waals surface area (Å²) in [7, 11) is 0. The van der Waals surface area contributed by atoms with Gasteiger partial charge in [-0.25, -0.2) is 0 Å². The molecule has 1 aliphatic heterocycles. The average Bonchev–Trinajstić information content (AvgIpc) is 3.31. The Morgan fingerprint density at radius 3 is 3.00 bits per heavy atom. The molecule has 4 rings (SSSR count). The first-order chi connectivity index (χ1) is 13.2. The van der Waals surface area contributed by atoms with Crippen LogP contribution in [0.15, 0.2) is 53.2 Å². The standard InChI is InChI=1S/C20H20N4O3/c1-2-26-16-7-5-6-14(10-16)12-24-13-15(11-18(24)25)19-22-20(27-23-19)17-8-3-4-9-21-17/h3-10,15H,2,11-13H2,1H3. The van der Waals surface area contributed by atoms with E-state index in [1.165, 1.54) is 0 Å². The number of carbonyl (C=O) groups is 1. The van der Waals surface area contributed by atoms with Crippen LogP contribution in [-0.4, -0.2) is 39.1 Å². The van der Waals surface area contributed by atoms with Gasteiger partial charge in [-0.3, -0.25) is 9.78 Å². The summed E-state index contributed by atoms with van der Waals surface area (Å²) in [6, 6.07) is 13.3. The highest BCUT2D eigenvalue weighted by molar-refractivity contribution is 5.79. The van der Waals surface area contributed by atoms with E-state index in [4.69, 9.17) is 9.26 Å². The lowest BCUT2D eigenvalue weighted by Crippen LogP contribution is -2.24. The van der Waals surface area contributed by atoms with Gasteiger partial charge < -0.3 is 14.2 Å². The van der Waals surface area contributed by atoms with E-state index in [0.717, 1.165) is 11.3 Å². The van der Waals surface area contributed by atoms with Gasteiger partial charge in [-0.2, -0.15) is 4.98 Å². The van der Waals surface area contributed by atoms with Crippen LogP contribution in [0.4, 0.5) is 0 Å². The highest BCUT2D eigenvalue weighted by atomic mass is 16.5. The van der Waals surface area contributed by atoms with Gasteiger partial charge in [-0.15, -0.1) is 0 Å². The Kier molecular flexibility index (Phi) is 4.82. The molecule has 7 heteroatoms. The predicted octanol–water partition coefficient (Wildman–Crippen LogP) is 3.05. The number of benzene rings is 1. The summed E-state index contributed by atoms with van der Waals surface area (Å²) < 4.78 is 10.9. The van der Waals surface area contributed by atoms with Crippen molar-refractivity contribution in [3.8, 4) is 17.3 Å². The second kappa shape index (κ2) is 7.57. The number of pyridine rings is 1. The number of ether oxygens (including phenoxy) is 1. The Balaban J connectivity index is 1.45. The topological polar surface area (TPSA) is 81.3 Å². The smallest absolute Gasteiger partial charge is 0.276 e. The maximum absolute atomic E-state index is 12.4. The van der Waals surface area contributed by atoms with Crippen molar-refractivity contribution in [2.75, 3.05) is 13.2 Å². The van der Waals surface area contributed by atoms with Gasteiger partial charge in [-0.1, -0.05) is 23.4 Å². The molecule has 0 aliphatic carbocycles. The summed E-state index contributed by atoms with van der Waals surface area (Å²) >= 11 is 0. The molecule has 1 saturated heterocycles. The first-order valence-corrected chi connectivity index (χ1v) is 8.97. The lowest BCUT2D eigenvalue weighted by atomic mass is 10.1. The van der Waals surface area contributed by atoms with Gasteiger partial charge in [-0.05, 0) is 36.8 Å². The number of nitrogens with zero attached hydrogens (tertiary/aromatic N) is 4. The third kappa shape index (κ3) is 3.81. The van der Waals surface area contributed by atoms with Crippen LogP contribution in [0.1, 0.15) is 30.7 Å². The Bertz CT molecular complexity index is 926. The van der Waals surface area contributed by atoms with E-state index < -0.39 is 0 Å². The number of aromatic nitrogens is 3. The Labute approximate surface area is 157 Å². The second-order valence-corrected chi connectivity index (χ2v) is 6.43. The van der Waals surface area contributed by atoms with E-state index in [2.05, 4.69) is 15.1 Å². The van der Waals surface area contributed by atoms with E-state index >= 15 is 0 Å². The van der Waals surface area contributed by atoms with E-state index in [0.29, 0.717) is 43.5 Å². The molecule has 0 spiro atoms. The van der Waals surface area contributed by atoms with Crippen molar-refractivity contribution in [1.82, 2.24) is 20.0 Å². The maximum Gasteiger partial charge on any atom is 0.276 e. The molecule has 1 fully saturated rings. The van der Waals surface area contributed by atoms with Gasteiger partial charge in [0.05, 0.1) is 6.61 Å². The highest BCUT2D eigenvalue weighted by Crippen LogP contribution is 2.29. The molecule has 27 heavy (non-hydrogen) atoms. The molecule has 1 unspecified atom stereocenters. The third-order valence-corrected chi connectivity index (χ3v) is 4.49. The molecule has 0 radical (unpaired) electrons. The Morgan fingerprint density at radius 2 is 2.19 bits per heavy atom. The van der Waals surface area contributed by atoms with Gasteiger partial charge >= 0.3 is 0 Å². The summed E-state index contributed by atoms with van der Waals surface area (Å²) in [5, 5.41) is 4.06. The molecule has 0 bridgehead atoms. The Morgan fingerprint density at radius 1 is 1.26 bits per heavy atom. The predicted molar refractivity (Wildman–Crippen MR) is 97.9 cm³/mol. The molecule has 1 amide bonds. The van der Waals surface area contributed by atoms with Crippen LogP contribution in [0.25, 0.3) is 11.6 Å². The van der Waals surface area contributed by atoms with E-state index in [-0.39, 0.29) is 11.8 Å². The molecule has 7 nitrogen and oxygen atoms in total. The largest absolute Gasteiger partial charge is 0.494 e. The third-order valence-electron chi connectivity index (χ3n) is 4.49. The van der Waals surface area contributed by atoms with Crippen molar-refractivity contribution in [2.45, 2.75) is 25.8 Å². The summed E-state index contributed by atoms with van der Waals surface area (Å²) in [6.07, 6.45) is 2.06. The number of hydrogen-bond acceptors (Lipinski definition) is 6. The van der Waals surface area contributed by atoms with Crippen molar-refractivity contribution in [3.63, 3.8) is 0 Å². The molecular weight excluding hydrogens is 344 g/mol. The minimum Gasteiger partial charge on any atom is -0.494 e. The monoisotopic (exact) mass is 364 g/mol. The first kappa shape index (κ1) is 17.2. The molecule has 2 aromatic heterocycles. The van der Waals surface area contributed by atoms with Gasteiger partial charge in [0, 0.05) is 31.6 Å². The van der Waals surface area contributed by atoms with Crippen molar-refractivity contribution in [2.24, 2.45) is 0 Å². The maximum atomic E-state index is 12.4. The molecule has 3 aromatic rings. The molecule has 1 atom stereocenters. The van der Waals surface area contributed by atoms with Crippen LogP contribution in [-0.2, 0) is 11.3 Å². The highest BCUT2D eigenvalue weighted by Gasteiger charge is 2.33. The van der Waals surface area contributed by atoms with Crippen LogP contribution in [0.5, 0.6) is 5.75 Å². The van der Waals surface area contributed by atoms with Crippen LogP contribution >= 0.6 is 0 Å². The van der Waals surface area contributed by atoms with E-state index in [9.17, 15) is 4.79 Å². The second-order valence-electron chi connectivity index (χ2n) is 6.43. The van der Waals surface area contributed by atoms with Crippen molar-refractivity contribution in [3.05, 3.63) is 60.0 Å². The lowest BCUT2D eigenvalue weighted by Gasteiger charge is -2.16. The zero-order valence-corrected chi connectivity index (χ0v) is 15.0. The zero-order valence-electron chi connectivity index (χ0n) is 15.0. The van der Waals surface area contributed by atoms with Gasteiger partial charge in [0.1, 0.15) is 11.4 Å². The summed E-state index contributed by atoms with van der Waals surface area (Å²) in [4.78, 5) is 22.9. The molecule has 1 aromatic carbocycles. The van der Waals surface area contributed by atoms with Crippen molar-refractivity contribution in [1.29, 1.82) is 0 Å². The average molecular weight is 364 g/mol. The minimum atomic E-state index is -0.0752. The fraction of sp³-hybridized carbons (Fsp3) is 0.300. The minimum absolute atomic E-state index is 0.0752. The van der Waals surface area contributed by atoms with Crippen molar-refractivity contribution < 1.29 is 14.1 Å². The number of likely N-dealkylation sites (tertiary alicyclic amines) is 1. The van der Waals surface area contributed by atoms with Gasteiger partial charge in [0.15, 0.2) is 5.82 Å². The molecule has 0 N–H and O–H groups in total. The summed E-state index contributed by atoms with van der Waals surface area (Å²) in [6.45, 7) is 3.68. The molecule has 3 heterocycles. The van der Waals surface area contributed by atoms with Gasteiger partial charge in [0.25, 0.3) is 5.89 Å². The number of hydrogen-bond donors (Lipinski definition) is 0. The van der Waals surface area contributed by atoms with E-state index in [1.54, 1.807) is 6.20 Å². The Hall–Kier alpha value is -3.22. The van der Waals surface area contributed by atoms with Crippen LogP contribution in [0, 0.1) is 0 Å². The fourth-order valence-corrected chi connectivity index (χ4v) is 3.21. The first-order valence-electron chi connectivity index (χ1n) is 8.97. The van der Waals surface area contributed by atoms with E-state index in [1.807, 2.05) is 54.3 Å². The van der Waals surface area contributed by atoms with Crippen molar-refractivity contribution >= 4 is 5.91 Å². The molecule has 0 saturated carbocycles. The fourth-order valence-electron chi connectivity index (χ4n) is 3.21. The zero-order chi connectivity index (χ0) is 18.6. The molecular formula is C20H20N4O3. The quantitative estimate of drug-likeness (QED) is 0.669. The lowest BCUT2D eigenvalue weighted by molar-refractivity contribution is -0.128. The number of amides is 1. The number of rotatable bonds is 6. The SMILES string of the molecule is CCOc1cccc(CN2CC(c3noc(-c4ccccn4)n3)CC2=O)c1. The molecule has 138 valence electrons. The summed E-state index contributed by atoms with van der Waals surface area (Å²) in [5.41, 5.74) is 1.67. The van der Waals surface area contributed by atoms with Crippen LogP contribution < -0.4 is 4.74 Å². The van der Waals surface area contributed by atoms with Crippen LogP contribution in [0.3, 0.4) is 0 Å². The summed E-state index contributed by atoms with van der Waals surface area (Å²) in [5.74, 6) is 1.76. The number of carbonyl (C=O) groups excluding carboxylic acids is 1. The normalized spacial score (nSPS) is 16.7. The van der Waals surface area contributed by atoms with Gasteiger partial charge in [0.2, 0.25) is 5.91 Å².